The van der Waals surface area contributed by atoms with Crippen LogP contribution in [0.3, 0.4) is 0 Å². The van der Waals surface area contributed by atoms with E-state index in [1.165, 1.54) is 5.69 Å². The lowest BCUT2D eigenvalue weighted by molar-refractivity contribution is -0.0478. The lowest BCUT2D eigenvalue weighted by Crippen LogP contribution is -2.56. The third kappa shape index (κ3) is 3.76. The molecule has 0 spiro atoms. The van der Waals surface area contributed by atoms with E-state index in [4.69, 9.17) is 0 Å². The fourth-order valence-electron chi connectivity index (χ4n) is 3.69. The van der Waals surface area contributed by atoms with Crippen LogP contribution in [0.4, 0.5) is 5.69 Å². The van der Waals surface area contributed by atoms with Gasteiger partial charge in [-0.15, -0.1) is 0 Å². The van der Waals surface area contributed by atoms with E-state index in [1.54, 1.807) is 0 Å². The number of anilines is 1. The molecule has 0 aliphatic carbocycles. The molecule has 1 aromatic rings. The maximum atomic E-state index is 10.8. The molecule has 3 rings (SSSR count). The molecule has 2 saturated heterocycles. The Morgan fingerprint density at radius 1 is 1.05 bits per heavy atom. The predicted molar refractivity (Wildman–Crippen MR) is 86.8 cm³/mol. The molecule has 0 aromatic heterocycles. The van der Waals surface area contributed by atoms with Crippen molar-refractivity contribution in [2.75, 3.05) is 57.8 Å². The summed E-state index contributed by atoms with van der Waals surface area (Å²) in [5.74, 6) is 0. The van der Waals surface area contributed by atoms with E-state index in [9.17, 15) is 5.11 Å². The highest BCUT2D eigenvalue weighted by atomic mass is 16.3. The maximum absolute atomic E-state index is 10.8. The van der Waals surface area contributed by atoms with Gasteiger partial charge in [0.05, 0.1) is 5.60 Å². The Bertz CT molecular complexity index is 445. The number of para-hydroxylation sites is 1. The second-order valence-electron chi connectivity index (χ2n) is 6.66. The minimum absolute atomic E-state index is 0.512. The standard InChI is InChI=1S/C17H27N3O/c1-18-9-5-8-17(21,14-18)15-19-10-12-20(13-11-19)16-6-3-2-4-7-16/h2-4,6-7,21H,5,8-15H2,1H3/t17-/m0/s1. The van der Waals surface area contributed by atoms with Gasteiger partial charge in [-0.25, -0.2) is 0 Å². The lowest BCUT2D eigenvalue weighted by atomic mass is 9.92. The summed E-state index contributed by atoms with van der Waals surface area (Å²) in [6.45, 7) is 6.93. The van der Waals surface area contributed by atoms with Gasteiger partial charge in [0.1, 0.15) is 0 Å². The summed E-state index contributed by atoms with van der Waals surface area (Å²) in [6, 6.07) is 10.6. The Hall–Kier alpha value is -1.10. The normalized spacial score (nSPS) is 28.8. The predicted octanol–water partition coefficient (Wildman–Crippen LogP) is 1.27. The van der Waals surface area contributed by atoms with Gasteiger partial charge < -0.3 is 14.9 Å². The van der Waals surface area contributed by atoms with E-state index in [1.807, 2.05) is 0 Å². The smallest absolute Gasteiger partial charge is 0.0900 e. The summed E-state index contributed by atoms with van der Waals surface area (Å²) in [7, 11) is 2.11. The zero-order valence-corrected chi connectivity index (χ0v) is 13.0. The van der Waals surface area contributed by atoms with Crippen molar-refractivity contribution in [3.05, 3.63) is 30.3 Å². The minimum Gasteiger partial charge on any atom is -0.387 e. The molecule has 1 atom stereocenters. The first-order valence-corrected chi connectivity index (χ1v) is 8.08. The fraction of sp³-hybridized carbons (Fsp3) is 0.647. The zero-order valence-electron chi connectivity index (χ0n) is 13.0. The highest BCUT2D eigenvalue weighted by molar-refractivity contribution is 5.46. The number of nitrogens with zero attached hydrogens (tertiary/aromatic N) is 3. The number of rotatable bonds is 3. The molecule has 0 amide bonds. The molecule has 4 nitrogen and oxygen atoms in total. The number of piperidine rings is 1. The largest absolute Gasteiger partial charge is 0.387 e. The van der Waals surface area contributed by atoms with Crippen molar-refractivity contribution in [2.24, 2.45) is 0 Å². The summed E-state index contributed by atoms with van der Waals surface area (Å²) in [5, 5.41) is 10.8. The first-order chi connectivity index (χ1) is 10.1. The first kappa shape index (κ1) is 14.8. The van der Waals surface area contributed by atoms with Crippen LogP contribution in [0.2, 0.25) is 0 Å². The quantitative estimate of drug-likeness (QED) is 0.907. The Kier molecular flexibility index (Phi) is 4.48. The zero-order chi connectivity index (χ0) is 14.7. The summed E-state index contributed by atoms with van der Waals surface area (Å²) < 4.78 is 0. The van der Waals surface area contributed by atoms with Gasteiger partial charge in [0.2, 0.25) is 0 Å². The van der Waals surface area contributed by atoms with Crippen molar-refractivity contribution >= 4 is 5.69 Å². The average Bonchev–Trinajstić information content (AvgIpc) is 2.48. The van der Waals surface area contributed by atoms with Crippen molar-refractivity contribution in [1.29, 1.82) is 0 Å². The topological polar surface area (TPSA) is 30.0 Å². The van der Waals surface area contributed by atoms with E-state index in [-0.39, 0.29) is 0 Å². The highest BCUT2D eigenvalue weighted by Gasteiger charge is 2.34. The van der Waals surface area contributed by atoms with Crippen LogP contribution in [0.15, 0.2) is 30.3 Å². The van der Waals surface area contributed by atoms with Crippen LogP contribution in [0.5, 0.6) is 0 Å². The van der Waals surface area contributed by atoms with Gasteiger partial charge in [-0.2, -0.15) is 0 Å². The number of hydrogen-bond donors (Lipinski definition) is 1. The van der Waals surface area contributed by atoms with Crippen molar-refractivity contribution in [1.82, 2.24) is 9.80 Å². The maximum Gasteiger partial charge on any atom is 0.0900 e. The third-order valence-corrected chi connectivity index (χ3v) is 4.76. The van der Waals surface area contributed by atoms with Crippen LogP contribution in [0.25, 0.3) is 0 Å². The van der Waals surface area contributed by atoms with Crippen LogP contribution in [0, 0.1) is 0 Å². The fourth-order valence-corrected chi connectivity index (χ4v) is 3.69. The van der Waals surface area contributed by atoms with Crippen LogP contribution >= 0.6 is 0 Å². The molecule has 4 heteroatoms. The molecule has 0 bridgehead atoms. The number of hydrogen-bond acceptors (Lipinski definition) is 4. The molecule has 2 fully saturated rings. The molecule has 0 saturated carbocycles. The number of likely N-dealkylation sites (tertiary alicyclic amines) is 1. The molecule has 2 aliphatic rings. The molecule has 1 N–H and O–H groups in total. The number of β-amino-alcohol motifs (C(OH)–C–C–N with tert-alkyl or cyclic N) is 1. The number of benzene rings is 1. The average molecular weight is 289 g/mol. The van der Waals surface area contributed by atoms with Crippen LogP contribution < -0.4 is 4.90 Å². The summed E-state index contributed by atoms with van der Waals surface area (Å²) in [4.78, 5) is 7.12. The van der Waals surface area contributed by atoms with Crippen molar-refractivity contribution < 1.29 is 5.11 Å². The van der Waals surface area contributed by atoms with Crippen LogP contribution in [-0.2, 0) is 0 Å². The highest BCUT2D eigenvalue weighted by Crippen LogP contribution is 2.23. The summed E-state index contributed by atoms with van der Waals surface area (Å²) >= 11 is 0. The molecule has 0 radical (unpaired) electrons. The SMILES string of the molecule is CN1CCC[C@@](O)(CN2CCN(c3ccccc3)CC2)C1. The molecule has 21 heavy (non-hydrogen) atoms. The van der Waals surface area contributed by atoms with Gasteiger partial charge in [0, 0.05) is 45.0 Å². The molecule has 116 valence electrons. The molecule has 1 aromatic carbocycles. The van der Waals surface area contributed by atoms with Crippen LogP contribution in [-0.4, -0.2) is 73.4 Å². The van der Waals surface area contributed by atoms with Gasteiger partial charge >= 0.3 is 0 Å². The van der Waals surface area contributed by atoms with E-state index < -0.39 is 5.60 Å². The van der Waals surface area contributed by atoms with E-state index in [0.29, 0.717) is 0 Å². The van der Waals surface area contributed by atoms with Gasteiger partial charge in [-0.05, 0) is 38.6 Å². The van der Waals surface area contributed by atoms with Gasteiger partial charge in [-0.1, -0.05) is 18.2 Å². The summed E-state index contributed by atoms with van der Waals surface area (Å²) in [6.07, 6.45) is 2.05. The molecule has 2 aliphatic heterocycles. The minimum atomic E-state index is -0.512. The van der Waals surface area contributed by atoms with E-state index in [2.05, 4.69) is 52.1 Å². The second kappa shape index (κ2) is 6.34. The van der Waals surface area contributed by atoms with E-state index >= 15 is 0 Å². The summed E-state index contributed by atoms with van der Waals surface area (Å²) in [5.41, 5.74) is 0.801. The van der Waals surface area contributed by atoms with Crippen LogP contribution in [0.1, 0.15) is 12.8 Å². The Labute approximate surface area is 128 Å². The Morgan fingerprint density at radius 3 is 2.43 bits per heavy atom. The number of likely N-dealkylation sites (N-methyl/N-ethyl adjacent to an activating group) is 1. The van der Waals surface area contributed by atoms with Crippen molar-refractivity contribution in [3.8, 4) is 0 Å². The molecular formula is C17H27N3O. The Morgan fingerprint density at radius 2 is 1.76 bits per heavy atom. The molecule has 2 heterocycles. The molecule has 0 unspecified atom stereocenters. The van der Waals surface area contributed by atoms with Gasteiger partial charge in [0.15, 0.2) is 0 Å². The van der Waals surface area contributed by atoms with Crippen molar-refractivity contribution in [3.63, 3.8) is 0 Å². The number of piperazine rings is 1. The van der Waals surface area contributed by atoms with Gasteiger partial charge in [0.25, 0.3) is 0 Å². The van der Waals surface area contributed by atoms with Gasteiger partial charge in [-0.3, -0.25) is 4.90 Å². The third-order valence-electron chi connectivity index (χ3n) is 4.76. The van der Waals surface area contributed by atoms with Crippen molar-refractivity contribution in [2.45, 2.75) is 18.4 Å². The Balaban J connectivity index is 1.52. The monoisotopic (exact) mass is 289 g/mol. The second-order valence-corrected chi connectivity index (χ2v) is 6.66. The number of aliphatic hydroxyl groups is 1. The molecular weight excluding hydrogens is 262 g/mol. The van der Waals surface area contributed by atoms with E-state index in [0.717, 1.165) is 58.7 Å². The lowest BCUT2D eigenvalue weighted by Gasteiger charge is -2.43. The first-order valence-electron chi connectivity index (χ1n) is 8.08.